The minimum Gasteiger partial charge on any atom is -0.212 e. The van der Waals surface area contributed by atoms with E-state index in [1.54, 1.807) is 30.3 Å². The van der Waals surface area contributed by atoms with Crippen molar-refractivity contribution >= 4 is 10.0 Å². The molecule has 0 spiro atoms. The maximum absolute atomic E-state index is 12.5. The minimum absolute atomic E-state index is 0.0211. The molecule has 0 atom stereocenters. The number of hydrogen-bond acceptors (Lipinski definition) is 2. The summed E-state index contributed by atoms with van der Waals surface area (Å²) in [6.45, 7) is 0.0211. The van der Waals surface area contributed by atoms with Crippen LogP contribution >= 0.6 is 0 Å². The summed E-state index contributed by atoms with van der Waals surface area (Å²) in [5, 5.41) is 0. The third-order valence-corrected chi connectivity index (χ3v) is 5.13. The molecular formula is C16H16F3NO2S. The average Bonchev–Trinajstić information content (AvgIpc) is 2.47. The molecule has 0 aromatic heterocycles. The van der Waals surface area contributed by atoms with E-state index in [0.29, 0.717) is 11.1 Å². The Morgan fingerprint density at radius 2 is 1.48 bits per heavy atom. The molecule has 3 nitrogen and oxygen atoms in total. The van der Waals surface area contributed by atoms with E-state index in [-0.39, 0.29) is 12.3 Å². The second-order valence-corrected chi connectivity index (χ2v) is 7.27. The van der Waals surface area contributed by atoms with E-state index in [1.807, 2.05) is 0 Å². The smallest absolute Gasteiger partial charge is 0.212 e. The van der Waals surface area contributed by atoms with Crippen molar-refractivity contribution in [2.75, 3.05) is 7.05 Å². The third-order valence-electron chi connectivity index (χ3n) is 3.35. The van der Waals surface area contributed by atoms with E-state index >= 15 is 0 Å². The van der Waals surface area contributed by atoms with Crippen LogP contribution < -0.4 is 0 Å². The van der Waals surface area contributed by atoms with Gasteiger partial charge in [0.1, 0.15) is 0 Å². The van der Waals surface area contributed by atoms with Gasteiger partial charge in [-0.3, -0.25) is 0 Å². The van der Waals surface area contributed by atoms with Crippen LogP contribution in [0, 0.1) is 0 Å². The van der Waals surface area contributed by atoms with Gasteiger partial charge in [-0.25, -0.2) is 12.7 Å². The molecule has 0 aliphatic rings. The van der Waals surface area contributed by atoms with Crippen molar-refractivity contribution in [2.45, 2.75) is 18.5 Å². The minimum atomic E-state index is -4.40. The Labute approximate surface area is 133 Å². The fourth-order valence-electron chi connectivity index (χ4n) is 2.05. The lowest BCUT2D eigenvalue weighted by Crippen LogP contribution is -2.27. The quantitative estimate of drug-likeness (QED) is 0.831. The Morgan fingerprint density at radius 1 is 0.913 bits per heavy atom. The molecule has 0 aliphatic heterocycles. The third kappa shape index (κ3) is 4.80. The maximum atomic E-state index is 12.5. The van der Waals surface area contributed by atoms with Gasteiger partial charge in [0, 0.05) is 13.6 Å². The lowest BCUT2D eigenvalue weighted by molar-refractivity contribution is -0.137. The summed E-state index contributed by atoms with van der Waals surface area (Å²) < 4.78 is 63.2. The molecule has 2 aromatic rings. The predicted octanol–water partition coefficient (Wildman–Crippen LogP) is 3.67. The van der Waals surface area contributed by atoms with Gasteiger partial charge in [0.15, 0.2) is 0 Å². The highest BCUT2D eigenvalue weighted by Crippen LogP contribution is 2.29. The summed E-state index contributed by atoms with van der Waals surface area (Å²) in [5.41, 5.74) is 0.403. The molecule has 0 bridgehead atoms. The first kappa shape index (κ1) is 17.5. The van der Waals surface area contributed by atoms with Crippen molar-refractivity contribution in [1.29, 1.82) is 0 Å². The van der Waals surface area contributed by atoms with Gasteiger partial charge in [0.25, 0.3) is 0 Å². The zero-order chi connectivity index (χ0) is 17.1. The lowest BCUT2D eigenvalue weighted by Gasteiger charge is -2.17. The molecule has 0 saturated carbocycles. The van der Waals surface area contributed by atoms with Crippen LogP contribution in [0.2, 0.25) is 0 Å². The van der Waals surface area contributed by atoms with Gasteiger partial charge >= 0.3 is 6.18 Å². The fourth-order valence-corrected chi connectivity index (χ4v) is 3.23. The maximum Gasteiger partial charge on any atom is 0.416 e. The van der Waals surface area contributed by atoms with Crippen LogP contribution in [0.1, 0.15) is 16.7 Å². The number of benzene rings is 2. The summed E-state index contributed by atoms with van der Waals surface area (Å²) in [6, 6.07) is 13.2. The molecule has 0 N–H and O–H groups in total. The first-order valence-electron chi connectivity index (χ1n) is 6.82. The molecule has 2 rings (SSSR count). The van der Waals surface area contributed by atoms with E-state index in [2.05, 4.69) is 0 Å². The largest absolute Gasteiger partial charge is 0.416 e. The van der Waals surface area contributed by atoms with Crippen molar-refractivity contribution in [2.24, 2.45) is 0 Å². The zero-order valence-corrected chi connectivity index (χ0v) is 13.2. The molecule has 0 saturated heterocycles. The van der Waals surface area contributed by atoms with Gasteiger partial charge in [0.2, 0.25) is 10.0 Å². The van der Waals surface area contributed by atoms with Gasteiger partial charge in [-0.15, -0.1) is 0 Å². The molecular weight excluding hydrogens is 327 g/mol. The zero-order valence-electron chi connectivity index (χ0n) is 12.4. The van der Waals surface area contributed by atoms with Crippen molar-refractivity contribution < 1.29 is 21.6 Å². The Hall–Kier alpha value is -1.86. The Kier molecular flexibility index (Phi) is 5.11. The summed E-state index contributed by atoms with van der Waals surface area (Å²) >= 11 is 0. The molecule has 124 valence electrons. The summed E-state index contributed by atoms with van der Waals surface area (Å²) in [6.07, 6.45) is -4.40. The highest BCUT2D eigenvalue weighted by atomic mass is 32.2. The van der Waals surface area contributed by atoms with Crippen LogP contribution in [-0.4, -0.2) is 19.8 Å². The van der Waals surface area contributed by atoms with Crippen molar-refractivity contribution in [1.82, 2.24) is 4.31 Å². The van der Waals surface area contributed by atoms with Gasteiger partial charge in [0.05, 0.1) is 11.3 Å². The topological polar surface area (TPSA) is 37.4 Å². The normalized spacial score (nSPS) is 12.6. The summed E-state index contributed by atoms with van der Waals surface area (Å²) in [5.74, 6) is -0.148. The number of halogens is 3. The first-order valence-corrected chi connectivity index (χ1v) is 8.43. The van der Waals surface area contributed by atoms with Gasteiger partial charge < -0.3 is 0 Å². The van der Waals surface area contributed by atoms with E-state index in [4.69, 9.17) is 0 Å². The lowest BCUT2D eigenvalue weighted by atomic mass is 10.1. The first-order chi connectivity index (χ1) is 10.7. The summed E-state index contributed by atoms with van der Waals surface area (Å²) in [7, 11) is -2.13. The van der Waals surface area contributed by atoms with Gasteiger partial charge in [-0.05, 0) is 23.3 Å². The van der Waals surface area contributed by atoms with Crippen LogP contribution in [0.15, 0.2) is 54.6 Å². The average molecular weight is 343 g/mol. The standard InChI is InChI=1S/C16H16F3NO2S/c1-20(23(21,22)12-14-5-3-2-4-6-14)11-13-7-9-15(10-8-13)16(17,18)19/h2-10H,11-12H2,1H3. The second kappa shape index (κ2) is 6.72. The van der Waals surface area contributed by atoms with E-state index in [1.165, 1.54) is 19.2 Å². The van der Waals surface area contributed by atoms with Crippen LogP contribution in [-0.2, 0) is 28.5 Å². The number of sulfonamides is 1. The van der Waals surface area contributed by atoms with Crippen LogP contribution in [0.4, 0.5) is 13.2 Å². The Bertz CT molecular complexity index is 741. The Balaban J connectivity index is 2.07. The van der Waals surface area contributed by atoms with Crippen molar-refractivity contribution in [3.63, 3.8) is 0 Å². The van der Waals surface area contributed by atoms with Crippen LogP contribution in [0.3, 0.4) is 0 Å². The number of rotatable bonds is 5. The van der Waals surface area contributed by atoms with E-state index in [0.717, 1.165) is 16.4 Å². The highest BCUT2D eigenvalue weighted by Gasteiger charge is 2.30. The second-order valence-electron chi connectivity index (χ2n) is 5.19. The molecule has 7 heteroatoms. The number of nitrogens with zero attached hydrogens (tertiary/aromatic N) is 1. The molecule has 0 amide bonds. The number of hydrogen-bond donors (Lipinski definition) is 0. The van der Waals surface area contributed by atoms with E-state index in [9.17, 15) is 21.6 Å². The number of alkyl halides is 3. The molecule has 0 fully saturated rings. The summed E-state index contributed by atoms with van der Waals surface area (Å²) in [4.78, 5) is 0. The van der Waals surface area contributed by atoms with Gasteiger partial charge in [-0.1, -0.05) is 42.5 Å². The molecule has 0 heterocycles. The fraction of sp³-hybridized carbons (Fsp3) is 0.250. The molecule has 2 aromatic carbocycles. The molecule has 23 heavy (non-hydrogen) atoms. The van der Waals surface area contributed by atoms with Crippen molar-refractivity contribution in [3.8, 4) is 0 Å². The van der Waals surface area contributed by atoms with Gasteiger partial charge in [-0.2, -0.15) is 13.2 Å². The van der Waals surface area contributed by atoms with Crippen LogP contribution in [0.25, 0.3) is 0 Å². The monoisotopic (exact) mass is 343 g/mol. The predicted molar refractivity (Wildman–Crippen MR) is 82.0 cm³/mol. The SMILES string of the molecule is CN(Cc1ccc(C(F)(F)F)cc1)S(=O)(=O)Cc1ccccc1. The van der Waals surface area contributed by atoms with Crippen LogP contribution in [0.5, 0.6) is 0 Å². The van der Waals surface area contributed by atoms with E-state index < -0.39 is 21.8 Å². The van der Waals surface area contributed by atoms with Crippen molar-refractivity contribution in [3.05, 3.63) is 71.3 Å². The Morgan fingerprint density at radius 3 is 2.00 bits per heavy atom. The molecule has 0 aliphatic carbocycles. The molecule has 0 radical (unpaired) electrons. The highest BCUT2D eigenvalue weighted by molar-refractivity contribution is 7.88. The molecule has 0 unspecified atom stereocenters.